The van der Waals surface area contributed by atoms with Gasteiger partial charge in [0.05, 0.1) is 0 Å². The highest BCUT2D eigenvalue weighted by Gasteiger charge is 2.01. The molecular formula is C15H18N2O. The van der Waals surface area contributed by atoms with Gasteiger partial charge in [0.2, 0.25) is 0 Å². The van der Waals surface area contributed by atoms with E-state index in [1.807, 2.05) is 38.1 Å². The third-order valence-corrected chi connectivity index (χ3v) is 3.16. The van der Waals surface area contributed by atoms with Gasteiger partial charge in [0.15, 0.2) is 5.43 Å². The lowest BCUT2D eigenvalue weighted by Crippen LogP contribution is -2.14. The van der Waals surface area contributed by atoms with Crippen LogP contribution < -0.4 is 11.2 Å². The Bertz CT molecular complexity index is 571. The summed E-state index contributed by atoms with van der Waals surface area (Å²) in [6.45, 7) is 4.82. The molecule has 0 fully saturated rings. The third-order valence-electron chi connectivity index (χ3n) is 3.16. The Morgan fingerprint density at radius 1 is 1.06 bits per heavy atom. The van der Waals surface area contributed by atoms with Crippen molar-refractivity contribution in [3.05, 3.63) is 63.6 Å². The molecule has 0 atom stereocenters. The number of aryl methyl sites for hydroxylation is 3. The molecule has 1 aromatic carbocycles. The van der Waals surface area contributed by atoms with Gasteiger partial charge in [0, 0.05) is 35.8 Å². The minimum atomic E-state index is 0.0775. The van der Waals surface area contributed by atoms with E-state index in [0.717, 1.165) is 30.0 Å². The third kappa shape index (κ3) is 2.80. The first-order valence-electron chi connectivity index (χ1n) is 6.09. The van der Waals surface area contributed by atoms with Crippen LogP contribution in [0.5, 0.6) is 0 Å². The number of hydrogen-bond donors (Lipinski definition) is 1. The van der Waals surface area contributed by atoms with Gasteiger partial charge in [0.1, 0.15) is 0 Å². The predicted molar refractivity (Wildman–Crippen MR) is 74.7 cm³/mol. The van der Waals surface area contributed by atoms with Crippen molar-refractivity contribution in [1.82, 2.24) is 4.57 Å². The lowest BCUT2D eigenvalue weighted by Gasteiger charge is -2.14. The standard InChI is InChI=1S/C15H18N2O/c1-11-9-15(18)10-12(2)17(11)8-7-13-3-5-14(16)6-4-13/h3-6,9-10H,7-8,16H2,1-2H3. The topological polar surface area (TPSA) is 48.0 Å². The molecule has 94 valence electrons. The zero-order chi connectivity index (χ0) is 13.1. The summed E-state index contributed by atoms with van der Waals surface area (Å²) in [4.78, 5) is 11.3. The molecule has 0 spiro atoms. The molecule has 0 radical (unpaired) electrons. The second kappa shape index (κ2) is 5.08. The van der Waals surface area contributed by atoms with Crippen molar-refractivity contribution in [3.63, 3.8) is 0 Å². The second-order valence-electron chi connectivity index (χ2n) is 4.62. The quantitative estimate of drug-likeness (QED) is 0.839. The number of pyridine rings is 1. The molecule has 0 saturated carbocycles. The molecular weight excluding hydrogens is 224 g/mol. The Hall–Kier alpha value is -2.03. The van der Waals surface area contributed by atoms with Gasteiger partial charge < -0.3 is 10.3 Å². The lowest BCUT2D eigenvalue weighted by molar-refractivity contribution is 0.649. The summed E-state index contributed by atoms with van der Waals surface area (Å²) in [6.07, 6.45) is 0.935. The largest absolute Gasteiger partial charge is 0.399 e. The molecule has 2 N–H and O–H groups in total. The Morgan fingerprint density at radius 3 is 2.17 bits per heavy atom. The van der Waals surface area contributed by atoms with Crippen LogP contribution in [0, 0.1) is 13.8 Å². The van der Waals surface area contributed by atoms with Crippen LogP contribution in [0.2, 0.25) is 0 Å². The molecule has 0 amide bonds. The van der Waals surface area contributed by atoms with E-state index in [2.05, 4.69) is 4.57 Å². The van der Waals surface area contributed by atoms with Gasteiger partial charge in [-0.25, -0.2) is 0 Å². The van der Waals surface area contributed by atoms with Gasteiger partial charge in [0.25, 0.3) is 0 Å². The number of nitrogen functional groups attached to an aromatic ring is 1. The fourth-order valence-corrected chi connectivity index (χ4v) is 2.17. The maximum absolute atomic E-state index is 11.3. The van der Waals surface area contributed by atoms with Crippen molar-refractivity contribution in [2.45, 2.75) is 26.8 Å². The summed E-state index contributed by atoms with van der Waals surface area (Å²) >= 11 is 0. The number of aromatic nitrogens is 1. The molecule has 0 bridgehead atoms. The number of benzene rings is 1. The Morgan fingerprint density at radius 2 is 1.61 bits per heavy atom. The summed E-state index contributed by atoms with van der Waals surface area (Å²) in [5.74, 6) is 0. The van der Waals surface area contributed by atoms with Crippen LogP contribution in [0.25, 0.3) is 0 Å². The molecule has 0 unspecified atom stereocenters. The summed E-state index contributed by atoms with van der Waals surface area (Å²) in [5, 5.41) is 0. The summed E-state index contributed by atoms with van der Waals surface area (Å²) in [7, 11) is 0. The highest BCUT2D eigenvalue weighted by molar-refractivity contribution is 5.39. The van der Waals surface area contributed by atoms with E-state index in [0.29, 0.717) is 0 Å². The minimum Gasteiger partial charge on any atom is -0.399 e. The van der Waals surface area contributed by atoms with E-state index in [4.69, 9.17) is 5.73 Å². The van der Waals surface area contributed by atoms with Crippen molar-refractivity contribution in [1.29, 1.82) is 0 Å². The predicted octanol–water partition coefficient (Wildman–Crippen LogP) is 2.29. The average Bonchev–Trinajstić information content (AvgIpc) is 2.30. The number of nitrogens with two attached hydrogens (primary N) is 1. The van der Waals surface area contributed by atoms with Crippen LogP contribution in [0.15, 0.2) is 41.2 Å². The minimum absolute atomic E-state index is 0.0775. The fourth-order valence-electron chi connectivity index (χ4n) is 2.17. The molecule has 3 nitrogen and oxygen atoms in total. The van der Waals surface area contributed by atoms with Gasteiger partial charge in [-0.15, -0.1) is 0 Å². The molecule has 0 aliphatic heterocycles. The first-order valence-corrected chi connectivity index (χ1v) is 6.09. The fraction of sp³-hybridized carbons (Fsp3) is 0.267. The van der Waals surface area contributed by atoms with E-state index in [9.17, 15) is 4.79 Å². The molecule has 0 saturated heterocycles. The number of nitrogens with zero attached hydrogens (tertiary/aromatic N) is 1. The molecule has 3 heteroatoms. The molecule has 2 aromatic rings. The first-order chi connectivity index (χ1) is 8.56. The Balaban J connectivity index is 2.15. The first kappa shape index (κ1) is 12.4. The summed E-state index contributed by atoms with van der Waals surface area (Å²) < 4.78 is 2.16. The van der Waals surface area contributed by atoms with Gasteiger partial charge in [-0.3, -0.25) is 4.79 Å². The van der Waals surface area contributed by atoms with Gasteiger partial charge in [-0.2, -0.15) is 0 Å². The van der Waals surface area contributed by atoms with Gasteiger partial charge in [-0.05, 0) is 38.0 Å². The van der Waals surface area contributed by atoms with Crippen LogP contribution in [0.4, 0.5) is 5.69 Å². The second-order valence-corrected chi connectivity index (χ2v) is 4.62. The normalized spacial score (nSPS) is 10.6. The molecule has 18 heavy (non-hydrogen) atoms. The van der Waals surface area contributed by atoms with Crippen LogP contribution in [0.3, 0.4) is 0 Å². The van der Waals surface area contributed by atoms with Crippen molar-refractivity contribution >= 4 is 5.69 Å². The summed E-state index contributed by atoms with van der Waals surface area (Å²) in [5.41, 5.74) is 9.79. The number of anilines is 1. The molecule has 1 heterocycles. The van der Waals surface area contributed by atoms with Crippen LogP contribution >= 0.6 is 0 Å². The van der Waals surface area contributed by atoms with E-state index in [-0.39, 0.29) is 5.43 Å². The highest BCUT2D eigenvalue weighted by Crippen LogP contribution is 2.09. The van der Waals surface area contributed by atoms with Crippen molar-refractivity contribution in [3.8, 4) is 0 Å². The molecule has 2 rings (SSSR count). The van der Waals surface area contributed by atoms with E-state index in [1.165, 1.54) is 5.56 Å². The van der Waals surface area contributed by atoms with Crippen LogP contribution in [0.1, 0.15) is 17.0 Å². The SMILES string of the molecule is Cc1cc(=O)cc(C)n1CCc1ccc(N)cc1. The number of hydrogen-bond acceptors (Lipinski definition) is 2. The summed E-state index contributed by atoms with van der Waals surface area (Å²) in [6, 6.07) is 11.3. The van der Waals surface area contributed by atoms with Gasteiger partial charge >= 0.3 is 0 Å². The molecule has 1 aromatic heterocycles. The lowest BCUT2D eigenvalue weighted by atomic mass is 10.1. The van der Waals surface area contributed by atoms with Crippen LogP contribution in [-0.4, -0.2) is 4.57 Å². The number of rotatable bonds is 3. The molecule has 0 aliphatic carbocycles. The monoisotopic (exact) mass is 242 g/mol. The van der Waals surface area contributed by atoms with Crippen LogP contribution in [-0.2, 0) is 13.0 Å². The average molecular weight is 242 g/mol. The maximum atomic E-state index is 11.3. The van der Waals surface area contributed by atoms with E-state index >= 15 is 0 Å². The van der Waals surface area contributed by atoms with Crippen molar-refractivity contribution < 1.29 is 0 Å². The van der Waals surface area contributed by atoms with E-state index in [1.54, 1.807) is 12.1 Å². The van der Waals surface area contributed by atoms with Crippen molar-refractivity contribution in [2.24, 2.45) is 0 Å². The smallest absolute Gasteiger partial charge is 0.182 e. The van der Waals surface area contributed by atoms with Crippen molar-refractivity contribution in [2.75, 3.05) is 5.73 Å². The molecule has 0 aliphatic rings. The maximum Gasteiger partial charge on any atom is 0.182 e. The highest BCUT2D eigenvalue weighted by atomic mass is 16.1. The zero-order valence-corrected chi connectivity index (χ0v) is 10.8. The van der Waals surface area contributed by atoms with Gasteiger partial charge in [-0.1, -0.05) is 12.1 Å². The van der Waals surface area contributed by atoms with E-state index < -0.39 is 0 Å². The Kier molecular flexibility index (Phi) is 3.51. The zero-order valence-electron chi connectivity index (χ0n) is 10.8. The Labute approximate surface area is 107 Å².